The van der Waals surface area contributed by atoms with Crippen molar-refractivity contribution in [2.24, 2.45) is 0 Å². The maximum Gasteiger partial charge on any atom is 0.377 e. The summed E-state index contributed by atoms with van der Waals surface area (Å²) in [6, 6.07) is 5.04. The third kappa shape index (κ3) is 4.15. The van der Waals surface area contributed by atoms with E-state index in [1.807, 2.05) is 0 Å². The summed E-state index contributed by atoms with van der Waals surface area (Å²) in [5.41, 5.74) is 0.780. The third-order valence-electron chi connectivity index (χ3n) is 2.87. The normalized spacial score (nSPS) is 18.0. The van der Waals surface area contributed by atoms with E-state index in [0.717, 1.165) is 11.6 Å². The van der Waals surface area contributed by atoms with E-state index < -0.39 is 11.8 Å². The number of esters is 1. The predicted octanol–water partition coefficient (Wildman–Crippen LogP) is 3.15. The van der Waals surface area contributed by atoms with Crippen LogP contribution in [0.25, 0.3) is 0 Å². The second-order valence-electron chi connectivity index (χ2n) is 5.37. The largest absolute Gasteiger partial charge is 0.445 e. The average Bonchev–Trinajstić information content (AvgIpc) is 2.60. The lowest BCUT2D eigenvalue weighted by molar-refractivity contribution is -0.159. The van der Waals surface area contributed by atoms with Crippen LogP contribution in [0.3, 0.4) is 0 Å². The Balaban J connectivity index is 2.08. The molecule has 0 saturated carbocycles. The van der Waals surface area contributed by atoms with Crippen LogP contribution in [-0.2, 0) is 25.6 Å². The quantitative estimate of drug-likeness (QED) is 0.624. The van der Waals surface area contributed by atoms with Crippen molar-refractivity contribution in [1.29, 1.82) is 0 Å². The molecule has 2 rings (SSSR count). The number of ether oxygens (including phenoxy) is 2. The number of hydrogen-bond donors (Lipinski definition) is 0. The van der Waals surface area contributed by atoms with Gasteiger partial charge in [-0.05, 0) is 23.8 Å². The van der Waals surface area contributed by atoms with Gasteiger partial charge in [0.25, 0.3) is 5.91 Å². The van der Waals surface area contributed by atoms with Gasteiger partial charge in [-0.25, -0.2) is 4.79 Å². The monoisotopic (exact) mass is 343 g/mol. The van der Waals surface area contributed by atoms with Crippen molar-refractivity contribution < 1.29 is 19.1 Å². The molecular weight excluding hydrogens is 329 g/mol. The number of nitrogens with zero attached hydrogens (tertiary/aromatic N) is 1. The molecule has 1 amide bonds. The first-order chi connectivity index (χ1) is 10.2. The van der Waals surface area contributed by atoms with Gasteiger partial charge in [0.2, 0.25) is 11.5 Å². The molecular formula is C15H15Cl2NO4. The van der Waals surface area contributed by atoms with Gasteiger partial charge in [0, 0.05) is 37.5 Å². The summed E-state index contributed by atoms with van der Waals surface area (Å²) in [4.78, 5) is 25.1. The maximum absolute atomic E-state index is 12.1. The van der Waals surface area contributed by atoms with Crippen LogP contribution in [0.2, 0.25) is 10.0 Å². The first-order valence-corrected chi connectivity index (χ1v) is 7.26. The summed E-state index contributed by atoms with van der Waals surface area (Å²) in [7, 11) is 1.60. The van der Waals surface area contributed by atoms with Crippen LogP contribution in [0, 0.1) is 0 Å². The molecule has 0 atom stereocenters. The Labute approximate surface area is 138 Å². The minimum Gasteiger partial charge on any atom is -0.445 e. The van der Waals surface area contributed by atoms with E-state index in [1.54, 1.807) is 39.1 Å². The summed E-state index contributed by atoms with van der Waals surface area (Å²) in [6.07, 6.45) is 1.11. The number of halogens is 2. The molecule has 1 aliphatic rings. The number of hydrogen-bond acceptors (Lipinski definition) is 4. The van der Waals surface area contributed by atoms with Crippen molar-refractivity contribution in [3.8, 4) is 0 Å². The number of benzene rings is 1. The zero-order valence-corrected chi connectivity index (χ0v) is 13.9. The summed E-state index contributed by atoms with van der Waals surface area (Å²) in [6.45, 7) is 3.48. The summed E-state index contributed by atoms with van der Waals surface area (Å²) in [5.74, 6) is -2.20. The molecule has 1 aromatic rings. The fourth-order valence-corrected chi connectivity index (χ4v) is 2.54. The highest BCUT2D eigenvalue weighted by Gasteiger charge is 2.37. The molecule has 0 unspecified atom stereocenters. The highest BCUT2D eigenvalue weighted by molar-refractivity contribution is 6.34. The van der Waals surface area contributed by atoms with Crippen molar-refractivity contribution in [3.05, 3.63) is 45.6 Å². The highest BCUT2D eigenvalue weighted by Crippen LogP contribution is 2.26. The average molecular weight is 344 g/mol. The Bertz CT molecular complexity index is 635. The lowest BCUT2D eigenvalue weighted by Gasteiger charge is -2.16. The summed E-state index contributed by atoms with van der Waals surface area (Å²) < 4.78 is 10.2. The minimum atomic E-state index is -1.05. The molecule has 0 bridgehead atoms. The molecule has 1 fully saturated rings. The van der Waals surface area contributed by atoms with E-state index in [0.29, 0.717) is 16.6 Å². The van der Waals surface area contributed by atoms with E-state index in [-0.39, 0.29) is 11.7 Å². The molecule has 0 aromatic heterocycles. The van der Waals surface area contributed by atoms with Gasteiger partial charge in [0.1, 0.15) is 0 Å². The number of rotatable bonds is 3. The van der Waals surface area contributed by atoms with E-state index in [2.05, 4.69) is 0 Å². The van der Waals surface area contributed by atoms with E-state index in [1.165, 1.54) is 4.90 Å². The van der Waals surface area contributed by atoms with E-state index in [4.69, 9.17) is 32.7 Å². The third-order valence-corrected chi connectivity index (χ3v) is 3.30. The Hall–Kier alpha value is -1.72. The molecule has 22 heavy (non-hydrogen) atoms. The SMILES string of the molecule is CN(Cc1cc(Cl)cc(Cl)c1)C(=O)/C=C1\OC(C)(C)OC1=O. The molecule has 0 spiro atoms. The number of carbonyl (C=O) groups is 2. The van der Waals surface area contributed by atoms with E-state index >= 15 is 0 Å². The Morgan fingerprint density at radius 2 is 1.82 bits per heavy atom. The van der Waals surface area contributed by atoms with Gasteiger partial charge in [0.15, 0.2) is 0 Å². The first kappa shape index (κ1) is 16.6. The lowest BCUT2D eigenvalue weighted by atomic mass is 10.2. The Morgan fingerprint density at radius 1 is 1.23 bits per heavy atom. The van der Waals surface area contributed by atoms with Crippen molar-refractivity contribution >= 4 is 35.1 Å². The molecule has 1 saturated heterocycles. The van der Waals surface area contributed by atoms with Crippen molar-refractivity contribution in [1.82, 2.24) is 4.90 Å². The van der Waals surface area contributed by atoms with Crippen LogP contribution in [0.5, 0.6) is 0 Å². The number of cyclic esters (lactones) is 1. The Kier molecular flexibility index (Phi) is 4.68. The smallest absolute Gasteiger partial charge is 0.377 e. The van der Waals surface area contributed by atoms with Gasteiger partial charge < -0.3 is 14.4 Å². The molecule has 0 radical (unpaired) electrons. The van der Waals surface area contributed by atoms with Crippen LogP contribution in [0.15, 0.2) is 30.0 Å². The standard InChI is InChI=1S/C15H15Cl2NO4/c1-15(2)21-12(14(20)22-15)7-13(19)18(3)8-9-4-10(16)6-11(17)5-9/h4-7H,8H2,1-3H3/b12-7-. The van der Waals surface area contributed by atoms with Crippen LogP contribution in [0.4, 0.5) is 0 Å². The first-order valence-electron chi connectivity index (χ1n) is 6.50. The van der Waals surface area contributed by atoms with E-state index in [9.17, 15) is 9.59 Å². The molecule has 1 aliphatic heterocycles. The van der Waals surface area contributed by atoms with Crippen LogP contribution in [0.1, 0.15) is 19.4 Å². The second kappa shape index (κ2) is 6.18. The molecule has 1 heterocycles. The fraction of sp³-hybridized carbons (Fsp3) is 0.333. The molecule has 0 N–H and O–H groups in total. The van der Waals surface area contributed by atoms with Crippen LogP contribution in [-0.4, -0.2) is 29.6 Å². The van der Waals surface area contributed by atoms with Gasteiger partial charge in [0.05, 0.1) is 6.08 Å². The number of carbonyl (C=O) groups excluding carboxylic acids is 2. The topological polar surface area (TPSA) is 55.8 Å². The molecule has 1 aromatic carbocycles. The molecule has 5 nitrogen and oxygen atoms in total. The van der Waals surface area contributed by atoms with Crippen LogP contribution < -0.4 is 0 Å². The van der Waals surface area contributed by atoms with Gasteiger partial charge in [-0.15, -0.1) is 0 Å². The zero-order chi connectivity index (χ0) is 16.5. The number of likely N-dealkylation sites (N-methyl/N-ethyl adjacent to an activating group) is 1. The molecule has 7 heteroatoms. The minimum absolute atomic E-state index is 0.106. The predicted molar refractivity (Wildman–Crippen MR) is 82.3 cm³/mol. The van der Waals surface area contributed by atoms with Gasteiger partial charge in [-0.2, -0.15) is 0 Å². The maximum atomic E-state index is 12.1. The van der Waals surface area contributed by atoms with Crippen LogP contribution >= 0.6 is 23.2 Å². The van der Waals surface area contributed by atoms with Crippen molar-refractivity contribution in [3.63, 3.8) is 0 Å². The van der Waals surface area contributed by atoms with Crippen molar-refractivity contribution in [2.45, 2.75) is 26.2 Å². The van der Waals surface area contributed by atoms with Gasteiger partial charge in [-0.1, -0.05) is 23.2 Å². The zero-order valence-electron chi connectivity index (χ0n) is 12.4. The van der Waals surface area contributed by atoms with Gasteiger partial charge >= 0.3 is 5.97 Å². The Morgan fingerprint density at radius 3 is 2.32 bits per heavy atom. The number of amides is 1. The second-order valence-corrected chi connectivity index (χ2v) is 6.24. The summed E-state index contributed by atoms with van der Waals surface area (Å²) in [5, 5.41) is 0.984. The molecule has 118 valence electrons. The molecule has 0 aliphatic carbocycles. The van der Waals surface area contributed by atoms with Gasteiger partial charge in [-0.3, -0.25) is 4.79 Å². The fourth-order valence-electron chi connectivity index (χ4n) is 1.97. The highest BCUT2D eigenvalue weighted by atomic mass is 35.5. The van der Waals surface area contributed by atoms with Crippen molar-refractivity contribution in [2.75, 3.05) is 7.05 Å². The summed E-state index contributed by atoms with van der Waals surface area (Å²) >= 11 is 11.8. The lowest BCUT2D eigenvalue weighted by Crippen LogP contribution is -2.25.